The summed E-state index contributed by atoms with van der Waals surface area (Å²) in [5, 5.41) is 8.85. The lowest BCUT2D eigenvalue weighted by molar-refractivity contribution is -0.137. The number of alkyl halides is 3. The number of halogens is 3. The third kappa shape index (κ3) is 3.88. The van der Waals surface area contributed by atoms with E-state index in [1.807, 2.05) is 7.05 Å². The summed E-state index contributed by atoms with van der Waals surface area (Å²) < 4.78 is 43.7. The van der Waals surface area contributed by atoms with Gasteiger partial charge >= 0.3 is 6.18 Å². The first-order chi connectivity index (χ1) is 9.91. The third-order valence-corrected chi connectivity index (χ3v) is 3.78. The maximum Gasteiger partial charge on any atom is 0.417 e. The molecule has 1 atom stereocenters. The summed E-state index contributed by atoms with van der Waals surface area (Å²) in [5.41, 5.74) is -1.33. The van der Waals surface area contributed by atoms with Crippen LogP contribution in [0.15, 0.2) is 18.2 Å². The zero-order chi connectivity index (χ0) is 15.5. The largest absolute Gasteiger partial charge is 0.492 e. The normalized spacial score (nSPS) is 20.0. The van der Waals surface area contributed by atoms with E-state index >= 15 is 0 Å². The molecule has 2 rings (SSSR count). The Morgan fingerprint density at radius 3 is 2.76 bits per heavy atom. The van der Waals surface area contributed by atoms with Crippen molar-refractivity contribution in [3.05, 3.63) is 29.3 Å². The maximum atomic E-state index is 12.7. The van der Waals surface area contributed by atoms with E-state index in [1.54, 1.807) is 6.07 Å². The van der Waals surface area contributed by atoms with E-state index in [2.05, 4.69) is 4.90 Å². The van der Waals surface area contributed by atoms with Crippen molar-refractivity contribution in [2.45, 2.75) is 31.5 Å². The molecule has 1 aromatic carbocycles. The van der Waals surface area contributed by atoms with Gasteiger partial charge in [-0.2, -0.15) is 18.4 Å². The van der Waals surface area contributed by atoms with E-state index < -0.39 is 17.3 Å². The summed E-state index contributed by atoms with van der Waals surface area (Å²) in [6, 6.07) is 5.18. The van der Waals surface area contributed by atoms with Gasteiger partial charge in [0.25, 0.3) is 0 Å². The SMILES string of the molecule is CN1CCCCC1COc1ccc(C(F)(F)F)c(C#N)c1. The van der Waals surface area contributed by atoms with Crippen molar-refractivity contribution in [3.8, 4) is 11.8 Å². The van der Waals surface area contributed by atoms with Gasteiger partial charge in [-0.1, -0.05) is 6.42 Å². The van der Waals surface area contributed by atoms with Crippen molar-refractivity contribution in [2.75, 3.05) is 20.2 Å². The van der Waals surface area contributed by atoms with Crippen LogP contribution >= 0.6 is 0 Å². The maximum absolute atomic E-state index is 12.7. The highest BCUT2D eigenvalue weighted by molar-refractivity contribution is 5.44. The van der Waals surface area contributed by atoms with Crippen molar-refractivity contribution >= 4 is 0 Å². The second-order valence-corrected chi connectivity index (χ2v) is 5.26. The number of nitriles is 1. The Hall–Kier alpha value is -1.74. The van der Waals surface area contributed by atoms with Gasteiger partial charge in [-0.25, -0.2) is 0 Å². The van der Waals surface area contributed by atoms with Crippen molar-refractivity contribution in [1.82, 2.24) is 4.90 Å². The fourth-order valence-corrected chi connectivity index (χ4v) is 2.50. The second kappa shape index (κ2) is 6.35. The molecule has 0 aromatic heterocycles. The van der Waals surface area contributed by atoms with Crippen LogP contribution < -0.4 is 4.74 Å². The topological polar surface area (TPSA) is 36.3 Å². The number of likely N-dealkylation sites (N-methyl/N-ethyl adjacent to an activating group) is 1. The van der Waals surface area contributed by atoms with Gasteiger partial charge in [-0.3, -0.25) is 0 Å². The van der Waals surface area contributed by atoms with Gasteiger partial charge in [0, 0.05) is 6.04 Å². The number of rotatable bonds is 3. The third-order valence-electron chi connectivity index (χ3n) is 3.78. The Kier molecular flexibility index (Phi) is 4.73. The van der Waals surface area contributed by atoms with Crippen LogP contribution in [0.25, 0.3) is 0 Å². The van der Waals surface area contributed by atoms with Crippen LogP contribution in [-0.2, 0) is 6.18 Å². The smallest absolute Gasteiger partial charge is 0.417 e. The Bertz CT molecular complexity index is 537. The molecule has 0 amide bonds. The molecule has 6 heteroatoms. The van der Waals surface area contributed by atoms with Crippen LogP contribution in [0.3, 0.4) is 0 Å². The molecule has 1 heterocycles. The highest BCUT2D eigenvalue weighted by atomic mass is 19.4. The average molecular weight is 298 g/mol. The molecule has 0 bridgehead atoms. The minimum atomic E-state index is -4.52. The molecule has 114 valence electrons. The van der Waals surface area contributed by atoms with Crippen LogP contribution in [0, 0.1) is 11.3 Å². The van der Waals surface area contributed by atoms with Gasteiger partial charge in [0.05, 0.1) is 17.2 Å². The summed E-state index contributed by atoms with van der Waals surface area (Å²) in [5.74, 6) is 0.304. The molecule has 0 N–H and O–H groups in total. The highest BCUT2D eigenvalue weighted by Gasteiger charge is 2.33. The van der Waals surface area contributed by atoms with E-state index in [9.17, 15) is 13.2 Å². The number of likely N-dealkylation sites (tertiary alicyclic amines) is 1. The van der Waals surface area contributed by atoms with Gasteiger partial charge in [0.2, 0.25) is 0 Å². The zero-order valence-corrected chi connectivity index (χ0v) is 11.8. The number of piperidine rings is 1. The number of ether oxygens (including phenoxy) is 1. The summed E-state index contributed by atoms with van der Waals surface area (Å²) >= 11 is 0. The lowest BCUT2D eigenvalue weighted by Crippen LogP contribution is -2.40. The van der Waals surface area contributed by atoms with E-state index in [-0.39, 0.29) is 6.04 Å². The molecule has 0 radical (unpaired) electrons. The minimum absolute atomic E-state index is 0.270. The van der Waals surface area contributed by atoms with Gasteiger partial charge in [-0.05, 0) is 44.6 Å². The van der Waals surface area contributed by atoms with E-state index in [4.69, 9.17) is 10.00 Å². The molecule has 1 fully saturated rings. The first kappa shape index (κ1) is 15.6. The van der Waals surface area contributed by atoms with Crippen LogP contribution in [0.1, 0.15) is 30.4 Å². The minimum Gasteiger partial charge on any atom is -0.492 e. The van der Waals surface area contributed by atoms with Crippen molar-refractivity contribution in [1.29, 1.82) is 5.26 Å². The molecule has 0 spiro atoms. The fourth-order valence-electron chi connectivity index (χ4n) is 2.50. The first-order valence-corrected chi connectivity index (χ1v) is 6.86. The Balaban J connectivity index is 2.06. The van der Waals surface area contributed by atoms with Crippen molar-refractivity contribution in [2.24, 2.45) is 0 Å². The number of hydrogen-bond donors (Lipinski definition) is 0. The average Bonchev–Trinajstić information content (AvgIpc) is 2.45. The molecule has 0 aliphatic carbocycles. The molecule has 1 unspecified atom stereocenters. The Labute approximate surface area is 121 Å². The summed E-state index contributed by atoms with van der Waals surface area (Å²) in [7, 11) is 2.01. The van der Waals surface area contributed by atoms with Gasteiger partial charge in [0.1, 0.15) is 12.4 Å². The van der Waals surface area contributed by atoms with E-state index in [0.29, 0.717) is 12.4 Å². The lowest BCUT2D eigenvalue weighted by Gasteiger charge is -2.32. The van der Waals surface area contributed by atoms with Gasteiger partial charge < -0.3 is 9.64 Å². The molecular weight excluding hydrogens is 281 g/mol. The molecule has 3 nitrogen and oxygen atoms in total. The number of benzene rings is 1. The molecule has 0 saturated carbocycles. The molecule has 1 saturated heterocycles. The van der Waals surface area contributed by atoms with Crippen LogP contribution in [-0.4, -0.2) is 31.1 Å². The van der Waals surface area contributed by atoms with Crippen LogP contribution in [0.5, 0.6) is 5.75 Å². The molecule has 1 aromatic rings. The van der Waals surface area contributed by atoms with E-state index in [1.165, 1.54) is 6.07 Å². The summed E-state index contributed by atoms with van der Waals surface area (Å²) in [4.78, 5) is 2.19. The molecular formula is C15H17F3N2O. The first-order valence-electron chi connectivity index (χ1n) is 6.86. The summed E-state index contributed by atoms with van der Waals surface area (Å²) in [6.07, 6.45) is -1.21. The molecule has 1 aliphatic heterocycles. The lowest BCUT2D eigenvalue weighted by atomic mass is 10.0. The highest BCUT2D eigenvalue weighted by Crippen LogP contribution is 2.33. The second-order valence-electron chi connectivity index (χ2n) is 5.26. The number of nitrogens with zero attached hydrogens (tertiary/aromatic N) is 2. The Morgan fingerprint density at radius 1 is 1.38 bits per heavy atom. The zero-order valence-electron chi connectivity index (χ0n) is 11.8. The van der Waals surface area contributed by atoms with Crippen molar-refractivity contribution < 1.29 is 17.9 Å². The molecule has 1 aliphatic rings. The van der Waals surface area contributed by atoms with Crippen LogP contribution in [0.2, 0.25) is 0 Å². The summed E-state index contributed by atoms with van der Waals surface area (Å²) in [6.45, 7) is 1.43. The van der Waals surface area contributed by atoms with Crippen molar-refractivity contribution in [3.63, 3.8) is 0 Å². The standard InChI is InChI=1S/C15H17F3N2O/c1-20-7-3-2-4-12(20)10-21-13-5-6-14(15(16,17)18)11(8-13)9-19/h5-6,8,12H,2-4,7,10H2,1H3. The van der Waals surface area contributed by atoms with E-state index in [0.717, 1.165) is 37.9 Å². The molecule has 21 heavy (non-hydrogen) atoms. The monoisotopic (exact) mass is 298 g/mol. The van der Waals surface area contributed by atoms with Crippen LogP contribution in [0.4, 0.5) is 13.2 Å². The number of hydrogen-bond acceptors (Lipinski definition) is 3. The Morgan fingerprint density at radius 2 is 2.14 bits per heavy atom. The predicted octanol–water partition coefficient (Wildman–Crippen LogP) is 3.44. The predicted molar refractivity (Wildman–Crippen MR) is 71.9 cm³/mol. The fraction of sp³-hybridized carbons (Fsp3) is 0.533. The van der Waals surface area contributed by atoms with Gasteiger partial charge in [0.15, 0.2) is 0 Å². The van der Waals surface area contributed by atoms with Gasteiger partial charge in [-0.15, -0.1) is 0 Å². The quantitative estimate of drug-likeness (QED) is 0.857.